The maximum atomic E-state index is 5.15. The van der Waals surface area contributed by atoms with Crippen LogP contribution in [0, 0.1) is 0 Å². The van der Waals surface area contributed by atoms with Gasteiger partial charge in [-0.3, -0.25) is 0 Å². The average molecular weight is 237 g/mol. The summed E-state index contributed by atoms with van der Waals surface area (Å²) in [5, 5.41) is 0.995. The zero-order chi connectivity index (χ0) is 9.84. The number of hydrogen-bond acceptors (Lipinski definition) is 3. The zero-order valence-corrected chi connectivity index (χ0v) is 10.3. The first-order valence-corrected chi connectivity index (χ1v) is 4.36. The Morgan fingerprint density at radius 2 is 1.36 bits per heavy atom. The van der Waals surface area contributed by atoms with Gasteiger partial charge in [0.05, 0.1) is 21.3 Å². The van der Waals surface area contributed by atoms with Crippen molar-refractivity contribution in [2.75, 3.05) is 21.3 Å². The molecule has 0 bridgehead atoms. The molecule has 5 heteroatoms. The van der Waals surface area contributed by atoms with Crippen LogP contribution in [-0.2, 0) is 0 Å². The lowest BCUT2D eigenvalue weighted by atomic mass is 10.3. The lowest BCUT2D eigenvalue weighted by Gasteiger charge is -2.12. The maximum Gasteiger partial charge on any atom is 0.203 e. The smallest absolute Gasteiger partial charge is 0.203 e. The minimum Gasteiger partial charge on any atom is -0.493 e. The van der Waals surface area contributed by atoms with Gasteiger partial charge >= 0.3 is 0 Å². The summed E-state index contributed by atoms with van der Waals surface area (Å²) in [6, 6.07) is 3.73. The molecule has 0 saturated heterocycles. The largest absolute Gasteiger partial charge is 0.493 e. The van der Waals surface area contributed by atoms with E-state index in [-0.39, 0.29) is 12.4 Å². The van der Waals surface area contributed by atoms with E-state index < -0.39 is 0 Å². The second-order valence-corrected chi connectivity index (χ2v) is 3.13. The lowest BCUT2D eigenvalue weighted by Crippen LogP contribution is -2.00. The molecule has 0 amide bonds. The van der Waals surface area contributed by atoms with Gasteiger partial charge in [-0.25, -0.2) is 0 Å². The molecule has 0 aliphatic heterocycles. The minimum atomic E-state index is 0. The van der Waals surface area contributed by atoms with Crippen molar-refractivity contribution in [3.63, 3.8) is 0 Å². The molecular weight excluding hydrogens is 223 g/mol. The second-order valence-electron chi connectivity index (χ2n) is 2.46. The van der Waals surface area contributed by atoms with E-state index in [1.807, 2.05) is 12.1 Å². The Balaban J connectivity index is 0.00000169. The average Bonchev–Trinajstić information content (AvgIpc) is 2.16. The Kier molecular flexibility index (Phi) is 5.66. The summed E-state index contributed by atoms with van der Waals surface area (Å²) in [6.45, 7) is 0. The molecule has 1 rings (SSSR count). The van der Waals surface area contributed by atoms with E-state index in [4.69, 9.17) is 14.2 Å². The summed E-state index contributed by atoms with van der Waals surface area (Å²) in [5.41, 5.74) is 0. The van der Waals surface area contributed by atoms with Crippen LogP contribution in [0.4, 0.5) is 0 Å². The molecular formula is C9H14ClO3P. The van der Waals surface area contributed by atoms with Crippen LogP contribution in [0.3, 0.4) is 0 Å². The number of methoxy groups -OCH3 is 3. The van der Waals surface area contributed by atoms with Crippen LogP contribution < -0.4 is 19.5 Å². The van der Waals surface area contributed by atoms with E-state index in [9.17, 15) is 0 Å². The summed E-state index contributed by atoms with van der Waals surface area (Å²) in [7, 11) is 7.37. The standard InChI is InChI=1S/C9H13O3P.ClH/c1-10-7-4-6(13)5-8(11-2)9(7)12-3;/h4-5H,13H2,1-3H3;1H. The Morgan fingerprint density at radius 3 is 1.64 bits per heavy atom. The third-order valence-electron chi connectivity index (χ3n) is 1.69. The predicted octanol–water partition coefficient (Wildman–Crippen LogP) is 1.63. The molecule has 1 aromatic rings. The zero-order valence-electron chi connectivity index (χ0n) is 8.37. The van der Waals surface area contributed by atoms with Gasteiger partial charge in [0.25, 0.3) is 0 Å². The molecule has 0 spiro atoms. The molecule has 0 radical (unpaired) electrons. The van der Waals surface area contributed by atoms with E-state index in [0.29, 0.717) is 17.2 Å². The maximum absolute atomic E-state index is 5.15. The number of rotatable bonds is 3. The number of benzene rings is 1. The molecule has 1 aromatic carbocycles. The number of hydrogen-bond donors (Lipinski definition) is 0. The Hall–Kier alpha value is -0.660. The summed E-state index contributed by atoms with van der Waals surface area (Å²) in [6.07, 6.45) is 0. The van der Waals surface area contributed by atoms with Gasteiger partial charge in [-0.1, -0.05) is 0 Å². The van der Waals surface area contributed by atoms with Crippen LogP contribution in [0.2, 0.25) is 0 Å². The van der Waals surface area contributed by atoms with Crippen molar-refractivity contribution in [3.05, 3.63) is 12.1 Å². The molecule has 1 atom stereocenters. The monoisotopic (exact) mass is 236 g/mol. The molecule has 0 saturated carbocycles. The second kappa shape index (κ2) is 5.94. The van der Waals surface area contributed by atoms with Crippen molar-refractivity contribution in [2.45, 2.75) is 0 Å². The van der Waals surface area contributed by atoms with Gasteiger partial charge in [-0.05, 0) is 17.4 Å². The van der Waals surface area contributed by atoms with Crippen LogP contribution >= 0.6 is 21.6 Å². The van der Waals surface area contributed by atoms with E-state index in [1.165, 1.54) is 0 Å². The SMILES string of the molecule is COc1cc(P)cc(OC)c1OC.Cl. The lowest BCUT2D eigenvalue weighted by molar-refractivity contribution is 0.325. The summed E-state index contributed by atoms with van der Waals surface area (Å²) >= 11 is 0. The van der Waals surface area contributed by atoms with Gasteiger partial charge in [-0.15, -0.1) is 21.6 Å². The van der Waals surface area contributed by atoms with Crippen LogP contribution in [-0.4, -0.2) is 21.3 Å². The van der Waals surface area contributed by atoms with Crippen LogP contribution in [0.1, 0.15) is 0 Å². The first-order chi connectivity index (χ1) is 6.22. The normalized spacial score (nSPS) is 8.86. The topological polar surface area (TPSA) is 27.7 Å². The highest BCUT2D eigenvalue weighted by molar-refractivity contribution is 7.27. The molecule has 0 fully saturated rings. The highest BCUT2D eigenvalue weighted by atomic mass is 35.5. The van der Waals surface area contributed by atoms with Crippen molar-refractivity contribution in [1.29, 1.82) is 0 Å². The summed E-state index contributed by atoms with van der Waals surface area (Å²) in [4.78, 5) is 0. The third kappa shape index (κ3) is 2.66. The van der Waals surface area contributed by atoms with Crippen molar-refractivity contribution < 1.29 is 14.2 Å². The van der Waals surface area contributed by atoms with Gasteiger partial charge in [0.2, 0.25) is 5.75 Å². The summed E-state index contributed by atoms with van der Waals surface area (Å²) in [5.74, 6) is 1.97. The Bertz CT molecular complexity index is 279. The minimum absolute atomic E-state index is 0. The van der Waals surface area contributed by atoms with Crippen LogP contribution in [0.5, 0.6) is 17.2 Å². The molecule has 0 heterocycles. The fourth-order valence-electron chi connectivity index (χ4n) is 1.10. The molecule has 80 valence electrons. The van der Waals surface area contributed by atoms with Crippen LogP contribution in [0.15, 0.2) is 12.1 Å². The Morgan fingerprint density at radius 1 is 0.929 bits per heavy atom. The van der Waals surface area contributed by atoms with E-state index in [0.717, 1.165) is 5.30 Å². The van der Waals surface area contributed by atoms with Gasteiger partial charge < -0.3 is 14.2 Å². The van der Waals surface area contributed by atoms with E-state index in [2.05, 4.69) is 9.24 Å². The molecule has 0 aliphatic rings. The van der Waals surface area contributed by atoms with Gasteiger partial charge in [-0.2, -0.15) is 0 Å². The molecule has 0 N–H and O–H groups in total. The Labute approximate surface area is 92.3 Å². The molecule has 3 nitrogen and oxygen atoms in total. The van der Waals surface area contributed by atoms with Crippen molar-refractivity contribution in [3.8, 4) is 17.2 Å². The van der Waals surface area contributed by atoms with Crippen molar-refractivity contribution >= 4 is 27.0 Å². The van der Waals surface area contributed by atoms with Gasteiger partial charge in [0.15, 0.2) is 11.5 Å². The first kappa shape index (κ1) is 13.3. The van der Waals surface area contributed by atoms with E-state index >= 15 is 0 Å². The van der Waals surface area contributed by atoms with Gasteiger partial charge in [0, 0.05) is 0 Å². The highest BCUT2D eigenvalue weighted by Gasteiger charge is 2.10. The number of halogens is 1. The third-order valence-corrected chi connectivity index (χ3v) is 2.02. The fraction of sp³-hybridized carbons (Fsp3) is 0.333. The number of ether oxygens (including phenoxy) is 3. The quantitative estimate of drug-likeness (QED) is 0.747. The summed E-state index contributed by atoms with van der Waals surface area (Å²) < 4.78 is 15.4. The van der Waals surface area contributed by atoms with Crippen molar-refractivity contribution in [2.24, 2.45) is 0 Å². The molecule has 14 heavy (non-hydrogen) atoms. The van der Waals surface area contributed by atoms with E-state index in [1.54, 1.807) is 21.3 Å². The molecule has 1 unspecified atom stereocenters. The first-order valence-electron chi connectivity index (χ1n) is 3.78. The highest BCUT2D eigenvalue weighted by Crippen LogP contribution is 2.35. The fourth-order valence-corrected chi connectivity index (χ4v) is 1.40. The molecule has 0 aliphatic carbocycles. The van der Waals surface area contributed by atoms with Gasteiger partial charge in [0.1, 0.15) is 0 Å². The van der Waals surface area contributed by atoms with Crippen molar-refractivity contribution in [1.82, 2.24) is 0 Å². The van der Waals surface area contributed by atoms with Crippen LogP contribution in [0.25, 0.3) is 0 Å². The molecule has 0 aromatic heterocycles. The predicted molar refractivity (Wildman–Crippen MR) is 62.7 cm³/mol.